The van der Waals surface area contributed by atoms with Gasteiger partial charge in [-0.1, -0.05) is 12.1 Å². The number of benzene rings is 2. The molecule has 7 nitrogen and oxygen atoms in total. The first-order valence-corrected chi connectivity index (χ1v) is 6.54. The Hall–Kier alpha value is -3.35. The molecule has 0 aliphatic rings. The van der Waals surface area contributed by atoms with Gasteiger partial charge in [0.1, 0.15) is 0 Å². The minimum absolute atomic E-state index is 0.301. The van der Waals surface area contributed by atoms with Gasteiger partial charge in [0.2, 0.25) is 5.95 Å². The molecule has 2 aromatic carbocycles. The number of fused-ring (bicyclic) bond motifs is 1. The molecule has 5 N–H and O–H groups in total. The predicted octanol–water partition coefficient (Wildman–Crippen LogP) is 2.31. The second-order valence-corrected chi connectivity index (χ2v) is 4.62. The normalized spacial score (nSPS) is 10.4. The molecule has 0 radical (unpaired) electrons. The van der Waals surface area contributed by atoms with Gasteiger partial charge in [-0.25, -0.2) is 9.78 Å². The van der Waals surface area contributed by atoms with Gasteiger partial charge in [-0.2, -0.15) is 0 Å². The molecule has 0 unspecified atom stereocenters. The minimum atomic E-state index is -0.653. The first-order valence-electron chi connectivity index (χ1n) is 6.54. The number of carbonyl (C=O) groups is 2. The van der Waals surface area contributed by atoms with E-state index in [2.05, 4.69) is 20.6 Å². The lowest BCUT2D eigenvalue weighted by Gasteiger charge is -2.04. The van der Waals surface area contributed by atoms with Gasteiger partial charge in [0.05, 0.1) is 11.0 Å². The van der Waals surface area contributed by atoms with Crippen molar-refractivity contribution in [2.24, 2.45) is 5.73 Å². The molecule has 7 heteroatoms. The van der Waals surface area contributed by atoms with Crippen LogP contribution in [0.15, 0.2) is 48.5 Å². The highest BCUT2D eigenvalue weighted by Crippen LogP contribution is 2.15. The number of carbonyl (C=O) groups excluding carboxylic acids is 2. The molecule has 0 fully saturated rings. The molecule has 3 rings (SSSR count). The van der Waals surface area contributed by atoms with Crippen LogP contribution in [0, 0.1) is 0 Å². The number of H-pyrrole nitrogens is 1. The van der Waals surface area contributed by atoms with Crippen molar-refractivity contribution in [2.75, 3.05) is 10.6 Å². The van der Waals surface area contributed by atoms with Crippen LogP contribution in [0.1, 0.15) is 10.4 Å². The fourth-order valence-electron chi connectivity index (χ4n) is 2.04. The summed E-state index contributed by atoms with van der Waals surface area (Å²) in [6.07, 6.45) is 0. The van der Waals surface area contributed by atoms with E-state index in [0.717, 1.165) is 11.0 Å². The van der Waals surface area contributed by atoms with Crippen LogP contribution >= 0.6 is 0 Å². The summed E-state index contributed by atoms with van der Waals surface area (Å²) in [4.78, 5) is 30.2. The second kappa shape index (κ2) is 5.57. The van der Waals surface area contributed by atoms with Gasteiger partial charge in [-0.3, -0.25) is 10.1 Å². The Kier molecular flexibility index (Phi) is 3.45. The van der Waals surface area contributed by atoms with E-state index in [1.54, 1.807) is 24.3 Å². The Bertz CT molecular complexity index is 806. The van der Waals surface area contributed by atoms with Crippen molar-refractivity contribution in [1.82, 2.24) is 9.97 Å². The van der Waals surface area contributed by atoms with Crippen LogP contribution in [0.2, 0.25) is 0 Å². The van der Waals surface area contributed by atoms with Crippen molar-refractivity contribution >= 4 is 34.6 Å². The maximum Gasteiger partial charge on any atom is 0.316 e. The summed E-state index contributed by atoms with van der Waals surface area (Å²) in [5.74, 6) is 0.0789. The number of primary amides is 1. The quantitative estimate of drug-likeness (QED) is 0.594. The Labute approximate surface area is 125 Å². The second-order valence-electron chi connectivity index (χ2n) is 4.62. The fourth-order valence-corrected chi connectivity index (χ4v) is 2.04. The molecule has 0 bridgehead atoms. The predicted molar refractivity (Wildman–Crippen MR) is 83.7 cm³/mol. The monoisotopic (exact) mass is 295 g/mol. The largest absolute Gasteiger partial charge is 0.351 e. The number of urea groups is 1. The van der Waals surface area contributed by atoms with Gasteiger partial charge < -0.3 is 16.0 Å². The van der Waals surface area contributed by atoms with Crippen molar-refractivity contribution < 1.29 is 9.59 Å². The molecule has 0 saturated heterocycles. The number of aromatic amines is 1. The minimum Gasteiger partial charge on any atom is -0.351 e. The SMILES string of the molecule is NC(=O)Nc1ccc(C(=O)Nc2nc3ccccc3[nH]2)cc1. The first kappa shape index (κ1) is 13.6. The van der Waals surface area contributed by atoms with Crippen molar-refractivity contribution in [3.05, 3.63) is 54.1 Å². The number of amides is 3. The molecule has 1 aromatic heterocycles. The number of imidazole rings is 1. The molecule has 0 aliphatic carbocycles. The van der Waals surface area contributed by atoms with Crippen molar-refractivity contribution in [2.45, 2.75) is 0 Å². The van der Waals surface area contributed by atoms with Crippen LogP contribution in [-0.4, -0.2) is 21.9 Å². The lowest BCUT2D eigenvalue weighted by atomic mass is 10.2. The molecule has 1 heterocycles. The molecule has 0 aliphatic heterocycles. The lowest BCUT2D eigenvalue weighted by Crippen LogP contribution is -2.19. The Balaban J connectivity index is 1.74. The summed E-state index contributed by atoms with van der Waals surface area (Å²) in [7, 11) is 0. The molecule has 22 heavy (non-hydrogen) atoms. The Morgan fingerprint density at radius 3 is 2.41 bits per heavy atom. The summed E-state index contributed by atoms with van der Waals surface area (Å²) in [6.45, 7) is 0. The van der Waals surface area contributed by atoms with Crippen LogP contribution in [0.3, 0.4) is 0 Å². The van der Waals surface area contributed by atoms with Crippen molar-refractivity contribution in [3.63, 3.8) is 0 Å². The maximum atomic E-state index is 12.1. The molecular weight excluding hydrogens is 282 g/mol. The van der Waals surface area contributed by atoms with Crippen LogP contribution in [0.25, 0.3) is 11.0 Å². The highest BCUT2D eigenvalue weighted by Gasteiger charge is 2.09. The average Bonchev–Trinajstić information content (AvgIpc) is 2.89. The zero-order chi connectivity index (χ0) is 15.5. The zero-order valence-corrected chi connectivity index (χ0v) is 11.5. The number of hydrogen-bond acceptors (Lipinski definition) is 3. The summed E-state index contributed by atoms with van der Waals surface area (Å²) < 4.78 is 0. The number of anilines is 2. The Morgan fingerprint density at radius 1 is 1.00 bits per heavy atom. The van der Waals surface area contributed by atoms with E-state index in [1.807, 2.05) is 24.3 Å². The van der Waals surface area contributed by atoms with E-state index < -0.39 is 6.03 Å². The van der Waals surface area contributed by atoms with Crippen LogP contribution in [0.4, 0.5) is 16.4 Å². The van der Waals surface area contributed by atoms with Crippen molar-refractivity contribution in [1.29, 1.82) is 0 Å². The third-order valence-corrected chi connectivity index (χ3v) is 3.04. The smallest absolute Gasteiger partial charge is 0.316 e. The van der Waals surface area contributed by atoms with E-state index in [4.69, 9.17) is 5.73 Å². The zero-order valence-electron chi connectivity index (χ0n) is 11.5. The third kappa shape index (κ3) is 2.88. The number of aromatic nitrogens is 2. The number of nitrogens with one attached hydrogen (secondary N) is 3. The van der Waals surface area contributed by atoms with Gasteiger partial charge in [-0.05, 0) is 36.4 Å². The number of nitrogens with zero attached hydrogens (tertiary/aromatic N) is 1. The summed E-state index contributed by atoms with van der Waals surface area (Å²) in [6, 6.07) is 13.2. The molecule has 0 atom stereocenters. The molecule has 3 aromatic rings. The molecule has 0 saturated carbocycles. The summed E-state index contributed by atoms with van der Waals surface area (Å²) in [5.41, 5.74) is 7.60. The highest BCUT2D eigenvalue weighted by atomic mass is 16.2. The number of rotatable bonds is 3. The van der Waals surface area contributed by atoms with Crippen LogP contribution in [0.5, 0.6) is 0 Å². The number of nitrogens with two attached hydrogens (primary N) is 1. The first-order chi connectivity index (χ1) is 10.6. The molecule has 0 spiro atoms. The van der Waals surface area contributed by atoms with E-state index in [9.17, 15) is 9.59 Å². The lowest BCUT2D eigenvalue weighted by molar-refractivity contribution is 0.102. The number of para-hydroxylation sites is 2. The molecule has 3 amide bonds. The van der Waals surface area contributed by atoms with E-state index in [-0.39, 0.29) is 5.91 Å². The highest BCUT2D eigenvalue weighted by molar-refractivity contribution is 6.04. The van der Waals surface area contributed by atoms with Gasteiger partial charge in [0.15, 0.2) is 0 Å². The summed E-state index contributed by atoms with van der Waals surface area (Å²) >= 11 is 0. The van der Waals surface area contributed by atoms with Gasteiger partial charge in [-0.15, -0.1) is 0 Å². The fraction of sp³-hybridized carbons (Fsp3) is 0. The van der Waals surface area contributed by atoms with Gasteiger partial charge in [0.25, 0.3) is 5.91 Å². The van der Waals surface area contributed by atoms with E-state index in [0.29, 0.717) is 17.2 Å². The van der Waals surface area contributed by atoms with Gasteiger partial charge >= 0.3 is 6.03 Å². The molecular formula is C15H13N5O2. The Morgan fingerprint density at radius 2 is 1.73 bits per heavy atom. The maximum absolute atomic E-state index is 12.1. The van der Waals surface area contributed by atoms with Gasteiger partial charge in [0, 0.05) is 11.3 Å². The molecule has 110 valence electrons. The third-order valence-electron chi connectivity index (χ3n) is 3.04. The topological polar surface area (TPSA) is 113 Å². The average molecular weight is 295 g/mol. The standard InChI is InChI=1S/C15H13N5O2/c16-14(22)17-10-7-5-9(6-8-10)13(21)20-15-18-11-3-1-2-4-12(11)19-15/h1-8H,(H3,16,17,22)(H2,18,19,20,21). The van der Waals surface area contributed by atoms with Crippen LogP contribution in [-0.2, 0) is 0 Å². The number of hydrogen-bond donors (Lipinski definition) is 4. The van der Waals surface area contributed by atoms with Crippen LogP contribution < -0.4 is 16.4 Å². The summed E-state index contributed by atoms with van der Waals surface area (Å²) in [5, 5.41) is 5.12. The van der Waals surface area contributed by atoms with E-state index in [1.165, 1.54) is 0 Å². The van der Waals surface area contributed by atoms with Crippen molar-refractivity contribution in [3.8, 4) is 0 Å². The van der Waals surface area contributed by atoms with E-state index >= 15 is 0 Å².